The van der Waals surface area contributed by atoms with E-state index in [1.807, 2.05) is 0 Å². The molecule has 2 atom stereocenters. The van der Waals surface area contributed by atoms with Crippen molar-refractivity contribution in [3.05, 3.63) is 0 Å². The number of rotatable bonds is 2. The molecule has 2 heterocycles. The van der Waals surface area contributed by atoms with Crippen molar-refractivity contribution in [3.8, 4) is 0 Å². The van der Waals surface area contributed by atoms with Gasteiger partial charge in [0.15, 0.2) is 0 Å². The summed E-state index contributed by atoms with van der Waals surface area (Å²) in [6.45, 7) is 4.88. The van der Waals surface area contributed by atoms with E-state index >= 15 is 0 Å². The molecule has 110 valence electrons. The third-order valence-electron chi connectivity index (χ3n) is 3.98. The first-order chi connectivity index (χ1) is 8.88. The summed E-state index contributed by atoms with van der Waals surface area (Å²) in [4.78, 5) is 14.1. The highest BCUT2D eigenvalue weighted by Gasteiger charge is 2.31. The number of carbonyl (C=O) groups is 1. The van der Waals surface area contributed by atoms with Crippen molar-refractivity contribution < 1.29 is 13.2 Å². The van der Waals surface area contributed by atoms with Crippen LogP contribution >= 0.6 is 0 Å². The van der Waals surface area contributed by atoms with Crippen molar-refractivity contribution in [1.82, 2.24) is 14.5 Å². The molecule has 0 bridgehead atoms. The summed E-state index contributed by atoms with van der Waals surface area (Å²) in [5, 5.41) is 3.26. The van der Waals surface area contributed by atoms with Gasteiger partial charge in [-0.3, -0.25) is 4.79 Å². The summed E-state index contributed by atoms with van der Waals surface area (Å²) < 4.78 is 24.3. The first-order valence-electron chi connectivity index (χ1n) is 6.85. The summed E-state index contributed by atoms with van der Waals surface area (Å²) in [5.41, 5.74) is 0. The predicted molar refractivity (Wildman–Crippen MR) is 73.2 cm³/mol. The molecule has 1 N–H and O–H groups in total. The Morgan fingerprint density at radius 1 is 1.21 bits per heavy atom. The van der Waals surface area contributed by atoms with Crippen molar-refractivity contribution in [2.24, 2.45) is 5.92 Å². The number of amides is 1. The molecule has 2 unspecified atom stereocenters. The molecule has 2 aliphatic heterocycles. The van der Waals surface area contributed by atoms with Gasteiger partial charge >= 0.3 is 0 Å². The summed E-state index contributed by atoms with van der Waals surface area (Å²) in [5.74, 6) is 0.701. The van der Waals surface area contributed by atoms with E-state index in [2.05, 4.69) is 12.2 Å². The lowest BCUT2D eigenvalue weighted by Crippen LogP contribution is -2.56. The Labute approximate surface area is 115 Å². The van der Waals surface area contributed by atoms with Gasteiger partial charge in [0.2, 0.25) is 15.9 Å². The number of hydrogen-bond acceptors (Lipinski definition) is 4. The minimum absolute atomic E-state index is 0.0893. The van der Waals surface area contributed by atoms with Gasteiger partial charge in [-0.15, -0.1) is 0 Å². The van der Waals surface area contributed by atoms with Crippen LogP contribution in [0.15, 0.2) is 0 Å². The SMILES string of the molecule is CC1CCNC(C(=O)N2CCN(S(C)(=O)=O)CC2)C1. The second-order valence-electron chi connectivity index (χ2n) is 5.62. The third kappa shape index (κ3) is 3.67. The van der Waals surface area contributed by atoms with Gasteiger partial charge in [0.05, 0.1) is 12.3 Å². The predicted octanol–water partition coefficient (Wildman–Crippen LogP) is -0.522. The summed E-state index contributed by atoms with van der Waals surface area (Å²) in [6.07, 6.45) is 3.21. The Bertz CT molecular complexity index is 430. The van der Waals surface area contributed by atoms with Crippen LogP contribution in [0.25, 0.3) is 0 Å². The van der Waals surface area contributed by atoms with E-state index in [1.165, 1.54) is 10.6 Å². The van der Waals surface area contributed by atoms with E-state index in [4.69, 9.17) is 0 Å². The molecule has 6 nitrogen and oxygen atoms in total. The van der Waals surface area contributed by atoms with Crippen LogP contribution in [-0.4, -0.2) is 68.6 Å². The first-order valence-corrected chi connectivity index (χ1v) is 8.70. The largest absolute Gasteiger partial charge is 0.339 e. The van der Waals surface area contributed by atoms with Crippen LogP contribution in [0.3, 0.4) is 0 Å². The maximum absolute atomic E-state index is 12.4. The summed E-state index contributed by atoms with van der Waals surface area (Å²) in [6, 6.07) is -0.0893. The van der Waals surface area contributed by atoms with Gasteiger partial charge in [-0.05, 0) is 25.3 Å². The highest BCUT2D eigenvalue weighted by atomic mass is 32.2. The smallest absolute Gasteiger partial charge is 0.239 e. The lowest BCUT2D eigenvalue weighted by Gasteiger charge is -2.37. The molecule has 19 heavy (non-hydrogen) atoms. The molecule has 0 saturated carbocycles. The Hall–Kier alpha value is -0.660. The number of hydrogen-bond donors (Lipinski definition) is 1. The molecule has 0 aromatic rings. The Morgan fingerprint density at radius 3 is 2.37 bits per heavy atom. The number of piperidine rings is 1. The number of piperazine rings is 1. The molecule has 2 fully saturated rings. The standard InChI is InChI=1S/C12H23N3O3S/c1-10-3-4-13-11(9-10)12(16)14-5-7-15(8-6-14)19(2,17)18/h10-11,13H,3-9H2,1-2H3. The van der Waals surface area contributed by atoms with Crippen LogP contribution in [-0.2, 0) is 14.8 Å². The lowest BCUT2D eigenvalue weighted by molar-refractivity contribution is -0.135. The van der Waals surface area contributed by atoms with Crippen molar-refractivity contribution in [3.63, 3.8) is 0 Å². The van der Waals surface area contributed by atoms with Gasteiger partial charge in [0, 0.05) is 26.2 Å². The molecule has 2 rings (SSSR count). The van der Waals surface area contributed by atoms with Gasteiger partial charge in [0.1, 0.15) is 0 Å². The van der Waals surface area contributed by atoms with Crippen molar-refractivity contribution in [1.29, 1.82) is 0 Å². The number of nitrogens with one attached hydrogen (secondary N) is 1. The number of sulfonamides is 1. The summed E-state index contributed by atoms with van der Waals surface area (Å²) >= 11 is 0. The maximum atomic E-state index is 12.4. The fraction of sp³-hybridized carbons (Fsp3) is 0.917. The minimum Gasteiger partial charge on any atom is -0.339 e. The zero-order valence-corrected chi connectivity index (χ0v) is 12.4. The first kappa shape index (κ1) is 14.7. The molecule has 0 radical (unpaired) electrons. The molecular weight excluding hydrogens is 266 g/mol. The Balaban J connectivity index is 1.89. The van der Waals surface area contributed by atoms with E-state index in [-0.39, 0.29) is 11.9 Å². The number of nitrogens with zero attached hydrogens (tertiary/aromatic N) is 2. The molecule has 0 aromatic carbocycles. The van der Waals surface area contributed by atoms with Crippen LogP contribution in [0, 0.1) is 5.92 Å². The number of carbonyl (C=O) groups excluding carboxylic acids is 1. The van der Waals surface area contributed by atoms with Crippen LogP contribution in [0.5, 0.6) is 0 Å². The molecule has 7 heteroatoms. The fourth-order valence-corrected chi connectivity index (χ4v) is 3.58. The Morgan fingerprint density at radius 2 is 1.84 bits per heavy atom. The highest BCUT2D eigenvalue weighted by Crippen LogP contribution is 2.17. The zero-order chi connectivity index (χ0) is 14.0. The highest BCUT2D eigenvalue weighted by molar-refractivity contribution is 7.88. The average Bonchev–Trinajstić information content (AvgIpc) is 2.37. The lowest BCUT2D eigenvalue weighted by atomic mass is 9.93. The van der Waals surface area contributed by atoms with Crippen LogP contribution in [0.4, 0.5) is 0 Å². The molecule has 2 aliphatic rings. The minimum atomic E-state index is -3.13. The third-order valence-corrected chi connectivity index (χ3v) is 5.29. The molecule has 0 aliphatic carbocycles. The van der Waals surface area contributed by atoms with Gasteiger partial charge in [-0.25, -0.2) is 8.42 Å². The zero-order valence-electron chi connectivity index (χ0n) is 11.6. The van der Waals surface area contributed by atoms with E-state index in [1.54, 1.807) is 4.90 Å². The Kier molecular flexibility index (Phi) is 4.47. The van der Waals surface area contributed by atoms with E-state index < -0.39 is 10.0 Å². The quantitative estimate of drug-likeness (QED) is 0.742. The van der Waals surface area contributed by atoms with Crippen LogP contribution in [0.2, 0.25) is 0 Å². The molecule has 0 aromatic heterocycles. The van der Waals surface area contributed by atoms with Gasteiger partial charge < -0.3 is 10.2 Å². The second-order valence-corrected chi connectivity index (χ2v) is 7.61. The average molecular weight is 289 g/mol. The molecule has 2 saturated heterocycles. The molecular formula is C12H23N3O3S. The van der Waals surface area contributed by atoms with Crippen LogP contribution in [0.1, 0.15) is 19.8 Å². The van der Waals surface area contributed by atoms with Gasteiger partial charge in [0.25, 0.3) is 0 Å². The monoisotopic (exact) mass is 289 g/mol. The van der Waals surface area contributed by atoms with Crippen molar-refractivity contribution in [2.75, 3.05) is 39.0 Å². The normalized spacial score (nSPS) is 30.3. The molecule has 0 spiro atoms. The second kappa shape index (κ2) is 5.76. The van der Waals surface area contributed by atoms with Crippen LogP contribution < -0.4 is 5.32 Å². The van der Waals surface area contributed by atoms with Gasteiger partial charge in [-0.2, -0.15) is 4.31 Å². The van der Waals surface area contributed by atoms with E-state index in [0.717, 1.165) is 19.4 Å². The summed E-state index contributed by atoms with van der Waals surface area (Å²) in [7, 11) is -3.13. The van der Waals surface area contributed by atoms with Crippen molar-refractivity contribution in [2.45, 2.75) is 25.8 Å². The van der Waals surface area contributed by atoms with E-state index in [9.17, 15) is 13.2 Å². The maximum Gasteiger partial charge on any atom is 0.239 e. The topological polar surface area (TPSA) is 69.7 Å². The fourth-order valence-electron chi connectivity index (χ4n) is 2.76. The van der Waals surface area contributed by atoms with E-state index in [0.29, 0.717) is 32.1 Å². The van der Waals surface area contributed by atoms with Crippen molar-refractivity contribution >= 4 is 15.9 Å². The molecule has 1 amide bonds. The van der Waals surface area contributed by atoms with Gasteiger partial charge in [-0.1, -0.05) is 6.92 Å².